The molecule has 7 nitrogen and oxygen atoms in total. The maximum Gasteiger partial charge on any atom is 0.291 e. The van der Waals surface area contributed by atoms with E-state index in [4.69, 9.17) is 0 Å². The van der Waals surface area contributed by atoms with E-state index >= 15 is 0 Å². The average Bonchev–Trinajstić information content (AvgIpc) is 2.72. The van der Waals surface area contributed by atoms with Crippen LogP contribution in [-0.4, -0.2) is 30.7 Å². The molecule has 0 unspecified atom stereocenters. The number of carbonyl (C=O) groups excluding carboxylic acids is 1. The molecule has 1 N–H and O–H groups in total. The van der Waals surface area contributed by atoms with Crippen molar-refractivity contribution in [2.45, 2.75) is 0 Å². The van der Waals surface area contributed by atoms with Crippen LogP contribution in [-0.2, 0) is 0 Å². The van der Waals surface area contributed by atoms with E-state index in [0.717, 1.165) is 0 Å². The molecule has 0 spiro atoms. The number of rotatable bonds is 2. The summed E-state index contributed by atoms with van der Waals surface area (Å²) in [5.41, 5.74) is 2.66. The van der Waals surface area contributed by atoms with Gasteiger partial charge in [-0.15, -0.1) is 5.10 Å². The number of nitrogens with one attached hydrogen (secondary N) is 1. The molecular formula is C7H6N6O. The Morgan fingerprint density at radius 1 is 1.36 bits per heavy atom. The molecule has 0 radical (unpaired) electrons. The van der Waals surface area contributed by atoms with Crippen molar-refractivity contribution in [1.29, 1.82) is 0 Å². The molecule has 0 aliphatic heterocycles. The summed E-state index contributed by atoms with van der Waals surface area (Å²) < 4.78 is 0. The Morgan fingerprint density at radius 3 is 2.93 bits per heavy atom. The van der Waals surface area contributed by atoms with Gasteiger partial charge in [0.15, 0.2) is 0 Å². The largest absolute Gasteiger partial charge is 0.291 e. The van der Waals surface area contributed by atoms with Gasteiger partial charge in [0.05, 0.1) is 6.20 Å². The van der Waals surface area contributed by atoms with Gasteiger partial charge in [0, 0.05) is 12.4 Å². The van der Waals surface area contributed by atoms with E-state index in [1.54, 1.807) is 0 Å². The van der Waals surface area contributed by atoms with Crippen LogP contribution in [0.1, 0.15) is 10.5 Å². The van der Waals surface area contributed by atoms with E-state index in [2.05, 4.69) is 25.5 Å². The summed E-state index contributed by atoms with van der Waals surface area (Å²) in [5.74, 6) is -0.386. The van der Waals surface area contributed by atoms with E-state index in [0.29, 0.717) is 0 Å². The molecule has 0 aromatic carbocycles. The second kappa shape index (κ2) is 3.60. The lowest BCUT2D eigenvalue weighted by molar-refractivity contribution is 0.1000. The molecule has 0 atom stereocenters. The van der Waals surface area contributed by atoms with Gasteiger partial charge < -0.3 is 0 Å². The van der Waals surface area contributed by atoms with E-state index in [1.807, 2.05) is 0 Å². The van der Waals surface area contributed by atoms with Crippen molar-refractivity contribution in [2.24, 2.45) is 0 Å². The van der Waals surface area contributed by atoms with Crippen LogP contribution >= 0.6 is 0 Å². The second-order valence-corrected chi connectivity index (χ2v) is 2.37. The fraction of sp³-hybridized carbons (Fsp3) is 0. The zero-order valence-corrected chi connectivity index (χ0v) is 7.03. The van der Waals surface area contributed by atoms with Crippen LogP contribution < -0.4 is 5.43 Å². The molecule has 2 aromatic heterocycles. The van der Waals surface area contributed by atoms with Crippen LogP contribution in [0.25, 0.3) is 0 Å². The third kappa shape index (κ3) is 1.71. The first kappa shape index (κ1) is 8.30. The highest BCUT2D eigenvalue weighted by Gasteiger charge is 2.06. The van der Waals surface area contributed by atoms with Crippen molar-refractivity contribution in [2.75, 3.05) is 5.43 Å². The summed E-state index contributed by atoms with van der Waals surface area (Å²) in [7, 11) is 0. The summed E-state index contributed by atoms with van der Waals surface area (Å²) in [4.78, 5) is 23.9. The lowest BCUT2D eigenvalue weighted by atomic mass is 10.4. The molecule has 0 bridgehead atoms. The van der Waals surface area contributed by atoms with Crippen molar-refractivity contribution < 1.29 is 4.79 Å². The predicted molar refractivity (Wildman–Crippen MR) is 45.7 cm³/mol. The smallest absolute Gasteiger partial charge is 0.265 e. The molecule has 0 saturated heterocycles. The highest BCUT2D eigenvalue weighted by molar-refractivity contribution is 5.97. The molecular weight excluding hydrogens is 184 g/mol. The maximum absolute atomic E-state index is 11.4. The van der Waals surface area contributed by atoms with Gasteiger partial charge in [0.1, 0.15) is 18.3 Å². The lowest BCUT2D eigenvalue weighted by Crippen LogP contribution is -2.24. The minimum absolute atomic E-state index is 0.225. The molecule has 70 valence electrons. The summed E-state index contributed by atoms with van der Waals surface area (Å²) in [6.45, 7) is 0. The molecule has 2 heterocycles. The normalized spacial score (nSPS) is 9.71. The minimum Gasteiger partial charge on any atom is -0.265 e. The third-order valence-electron chi connectivity index (χ3n) is 1.43. The Morgan fingerprint density at radius 2 is 2.29 bits per heavy atom. The first-order valence-electron chi connectivity index (χ1n) is 3.78. The summed E-state index contributed by atoms with van der Waals surface area (Å²) in [6, 6.07) is 0. The Balaban J connectivity index is 2.11. The van der Waals surface area contributed by atoms with Crippen molar-refractivity contribution >= 4 is 5.91 Å². The topological polar surface area (TPSA) is 85.6 Å². The Hall–Kier alpha value is -2.31. The molecule has 2 aromatic rings. The number of amides is 1. The lowest BCUT2D eigenvalue weighted by Gasteiger charge is -2.01. The maximum atomic E-state index is 11.4. The molecule has 14 heavy (non-hydrogen) atoms. The van der Waals surface area contributed by atoms with Crippen LogP contribution in [0.2, 0.25) is 0 Å². The van der Waals surface area contributed by atoms with Crippen LogP contribution in [0.5, 0.6) is 0 Å². The molecule has 2 rings (SSSR count). The number of carbonyl (C=O) groups is 1. The molecule has 0 fully saturated rings. The fourth-order valence-electron chi connectivity index (χ4n) is 0.844. The first-order chi connectivity index (χ1) is 6.86. The molecule has 1 amide bonds. The van der Waals surface area contributed by atoms with Crippen LogP contribution in [0.15, 0.2) is 31.2 Å². The highest BCUT2D eigenvalue weighted by atomic mass is 16.2. The number of aromatic nitrogens is 5. The van der Waals surface area contributed by atoms with Gasteiger partial charge >= 0.3 is 0 Å². The van der Waals surface area contributed by atoms with Crippen molar-refractivity contribution in [3.63, 3.8) is 0 Å². The summed E-state index contributed by atoms with van der Waals surface area (Å²) in [5, 5.41) is 3.71. The van der Waals surface area contributed by atoms with Gasteiger partial charge in [-0.3, -0.25) is 9.78 Å². The van der Waals surface area contributed by atoms with Crippen LogP contribution in [0, 0.1) is 0 Å². The van der Waals surface area contributed by atoms with E-state index in [-0.39, 0.29) is 11.6 Å². The van der Waals surface area contributed by atoms with E-state index in [9.17, 15) is 4.79 Å². The van der Waals surface area contributed by atoms with Crippen LogP contribution in [0.3, 0.4) is 0 Å². The second-order valence-electron chi connectivity index (χ2n) is 2.37. The fourth-order valence-corrected chi connectivity index (χ4v) is 0.844. The number of hydrogen-bond acceptors (Lipinski definition) is 5. The summed E-state index contributed by atoms with van der Waals surface area (Å²) in [6.07, 6.45) is 6.99. The Labute approximate surface area is 78.8 Å². The molecule has 0 aliphatic rings. The SMILES string of the molecule is O=C(Nn1cncn1)c1cnccn1. The van der Waals surface area contributed by atoms with E-state index < -0.39 is 0 Å². The standard InChI is InChI=1S/C7H6N6O/c14-7(6-3-8-1-2-10-6)12-13-5-9-4-11-13/h1-5H,(H,12,14). The molecule has 0 saturated carbocycles. The third-order valence-corrected chi connectivity index (χ3v) is 1.43. The monoisotopic (exact) mass is 190 g/mol. The van der Waals surface area contributed by atoms with Crippen molar-refractivity contribution in [3.05, 3.63) is 36.9 Å². The van der Waals surface area contributed by atoms with Gasteiger partial charge in [0.25, 0.3) is 5.91 Å². The number of hydrogen-bond donors (Lipinski definition) is 1. The predicted octanol–water partition coefficient (Wildman–Crippen LogP) is -0.548. The Bertz CT molecular complexity index is 411. The highest BCUT2D eigenvalue weighted by Crippen LogP contribution is 1.90. The number of nitrogens with zero attached hydrogens (tertiary/aromatic N) is 5. The summed E-state index contributed by atoms with van der Waals surface area (Å²) >= 11 is 0. The van der Waals surface area contributed by atoms with E-state index in [1.165, 1.54) is 36.0 Å². The first-order valence-corrected chi connectivity index (χ1v) is 3.78. The Kier molecular flexibility index (Phi) is 2.14. The zero-order chi connectivity index (χ0) is 9.80. The minimum atomic E-state index is -0.386. The zero-order valence-electron chi connectivity index (χ0n) is 7.03. The van der Waals surface area contributed by atoms with Gasteiger partial charge in [-0.2, -0.15) is 4.79 Å². The van der Waals surface area contributed by atoms with Crippen molar-refractivity contribution in [3.8, 4) is 0 Å². The van der Waals surface area contributed by atoms with Crippen molar-refractivity contribution in [1.82, 2.24) is 24.8 Å². The van der Waals surface area contributed by atoms with Gasteiger partial charge in [-0.05, 0) is 0 Å². The van der Waals surface area contributed by atoms with Gasteiger partial charge in [-0.25, -0.2) is 15.4 Å². The quantitative estimate of drug-likeness (QED) is 0.686. The van der Waals surface area contributed by atoms with Gasteiger partial charge in [-0.1, -0.05) is 0 Å². The molecule has 7 heteroatoms. The van der Waals surface area contributed by atoms with Gasteiger partial charge in [0.2, 0.25) is 0 Å². The average molecular weight is 190 g/mol. The van der Waals surface area contributed by atoms with Crippen LogP contribution in [0.4, 0.5) is 0 Å². The molecule has 0 aliphatic carbocycles.